The van der Waals surface area contributed by atoms with E-state index in [0.29, 0.717) is 24.8 Å². The van der Waals surface area contributed by atoms with Crippen LogP contribution < -0.4 is 9.64 Å². The maximum absolute atomic E-state index is 11.5. The van der Waals surface area contributed by atoms with Gasteiger partial charge in [0, 0.05) is 30.9 Å². The van der Waals surface area contributed by atoms with Gasteiger partial charge < -0.3 is 19.5 Å². The zero-order valence-corrected chi connectivity index (χ0v) is 18.3. The second-order valence-electron chi connectivity index (χ2n) is 8.83. The van der Waals surface area contributed by atoms with Gasteiger partial charge in [-0.3, -0.25) is 9.97 Å². The van der Waals surface area contributed by atoms with Crippen molar-refractivity contribution >= 4 is 11.7 Å². The van der Waals surface area contributed by atoms with Crippen molar-refractivity contribution in [3.8, 4) is 5.75 Å². The molecule has 1 atom stereocenters. The Morgan fingerprint density at radius 2 is 2.03 bits per heavy atom. The average molecular weight is 426 g/mol. The molecule has 3 heterocycles. The molecule has 2 aromatic heterocycles. The van der Waals surface area contributed by atoms with Crippen LogP contribution in [0.2, 0.25) is 0 Å². The van der Waals surface area contributed by atoms with Gasteiger partial charge in [-0.2, -0.15) is 0 Å². The van der Waals surface area contributed by atoms with Gasteiger partial charge in [0.1, 0.15) is 11.9 Å². The number of ether oxygens (including phenoxy) is 2. The van der Waals surface area contributed by atoms with Crippen LogP contribution in [0.15, 0.2) is 30.7 Å². The highest BCUT2D eigenvalue weighted by molar-refractivity contribution is 5.88. The maximum Gasteiger partial charge on any atom is 0.337 e. The first kappa shape index (κ1) is 21.6. The highest BCUT2D eigenvalue weighted by Crippen LogP contribution is 2.30. The molecule has 2 fully saturated rings. The molecule has 7 heteroatoms. The Morgan fingerprint density at radius 1 is 1.23 bits per heavy atom. The number of pyridine rings is 2. The predicted molar refractivity (Wildman–Crippen MR) is 118 cm³/mol. The van der Waals surface area contributed by atoms with Crippen molar-refractivity contribution in [2.75, 3.05) is 31.2 Å². The second-order valence-corrected chi connectivity index (χ2v) is 8.83. The average Bonchev–Trinajstić information content (AvgIpc) is 2.79. The lowest BCUT2D eigenvalue weighted by molar-refractivity contribution is 0.0394. The zero-order valence-electron chi connectivity index (χ0n) is 18.3. The Kier molecular flexibility index (Phi) is 6.70. The van der Waals surface area contributed by atoms with E-state index in [1.165, 1.54) is 25.7 Å². The fraction of sp³-hybridized carbons (Fsp3) is 0.542. The van der Waals surface area contributed by atoms with E-state index < -0.39 is 5.97 Å². The van der Waals surface area contributed by atoms with Gasteiger partial charge in [-0.15, -0.1) is 0 Å². The first-order valence-corrected chi connectivity index (χ1v) is 11.1. The monoisotopic (exact) mass is 425 g/mol. The Balaban J connectivity index is 1.41. The lowest BCUT2D eigenvalue weighted by Gasteiger charge is -2.34. The minimum Gasteiger partial charge on any atom is -0.492 e. The molecule has 2 aliphatic rings. The van der Waals surface area contributed by atoms with Gasteiger partial charge in [-0.05, 0) is 37.7 Å². The number of hydrogen-bond donors (Lipinski definition) is 1. The van der Waals surface area contributed by atoms with Gasteiger partial charge in [0.25, 0.3) is 0 Å². The molecule has 1 aliphatic heterocycles. The quantitative estimate of drug-likeness (QED) is 0.740. The first-order valence-electron chi connectivity index (χ1n) is 11.1. The molecule has 1 aliphatic carbocycles. The van der Waals surface area contributed by atoms with Gasteiger partial charge in [0.05, 0.1) is 42.6 Å². The number of aryl methyl sites for hydroxylation is 1. The van der Waals surface area contributed by atoms with Crippen molar-refractivity contribution in [3.63, 3.8) is 0 Å². The summed E-state index contributed by atoms with van der Waals surface area (Å²) in [6.07, 6.45) is 10.1. The minimum absolute atomic E-state index is 0.215. The van der Waals surface area contributed by atoms with Crippen molar-refractivity contribution in [1.29, 1.82) is 0 Å². The smallest absolute Gasteiger partial charge is 0.337 e. The van der Waals surface area contributed by atoms with Gasteiger partial charge in [-0.1, -0.05) is 19.8 Å². The molecule has 1 unspecified atom stereocenters. The molecule has 1 saturated carbocycles. The van der Waals surface area contributed by atoms with Gasteiger partial charge in [0.15, 0.2) is 0 Å². The lowest BCUT2D eigenvalue weighted by Crippen LogP contribution is -2.38. The number of aromatic nitrogens is 2. The number of hydrogen-bond acceptors (Lipinski definition) is 6. The molecule has 7 nitrogen and oxygen atoms in total. The number of aromatic carboxylic acids is 1. The van der Waals surface area contributed by atoms with Crippen LogP contribution in [0.5, 0.6) is 5.75 Å². The predicted octanol–water partition coefficient (Wildman–Crippen LogP) is 4.27. The summed E-state index contributed by atoms with van der Waals surface area (Å²) in [5.74, 6) is 1.29. The van der Waals surface area contributed by atoms with E-state index in [0.717, 1.165) is 36.1 Å². The summed E-state index contributed by atoms with van der Waals surface area (Å²) in [6.45, 7) is 6.67. The molecule has 0 amide bonds. The van der Waals surface area contributed by atoms with Gasteiger partial charge in [0.2, 0.25) is 0 Å². The molecule has 31 heavy (non-hydrogen) atoms. The summed E-state index contributed by atoms with van der Waals surface area (Å²) in [4.78, 5) is 22.3. The molecule has 166 valence electrons. The fourth-order valence-corrected chi connectivity index (χ4v) is 4.40. The standard InChI is InChI=1S/C24H31N3O4/c1-16-3-5-18(6-4-16)15-31-21-10-20(12-25-13-21)27-7-8-30-23(14-27)19-9-22(24(28)29)17(2)26-11-19/h9-13,16,18,23H,3-8,14-15H2,1-2H3,(H,28,29)/t16-,18-,23?. The molecule has 0 spiro atoms. The first-order chi connectivity index (χ1) is 15.0. The molecule has 0 aromatic carbocycles. The van der Waals surface area contributed by atoms with Crippen LogP contribution in [0.1, 0.15) is 60.3 Å². The second kappa shape index (κ2) is 9.64. The Morgan fingerprint density at radius 3 is 2.81 bits per heavy atom. The van der Waals surface area contributed by atoms with Crippen LogP contribution in [0, 0.1) is 18.8 Å². The van der Waals surface area contributed by atoms with Gasteiger partial charge >= 0.3 is 5.97 Å². The van der Waals surface area contributed by atoms with E-state index in [9.17, 15) is 9.90 Å². The summed E-state index contributed by atoms with van der Waals surface area (Å²) in [7, 11) is 0. The topological polar surface area (TPSA) is 84.8 Å². The van der Waals surface area contributed by atoms with Crippen molar-refractivity contribution in [2.24, 2.45) is 11.8 Å². The summed E-state index contributed by atoms with van der Waals surface area (Å²) >= 11 is 0. The normalized spacial score (nSPS) is 24.1. The summed E-state index contributed by atoms with van der Waals surface area (Å²) in [5.41, 5.74) is 2.49. The molecular formula is C24H31N3O4. The third-order valence-corrected chi connectivity index (χ3v) is 6.46. The molecule has 1 saturated heterocycles. The summed E-state index contributed by atoms with van der Waals surface area (Å²) in [5, 5.41) is 9.39. The fourth-order valence-electron chi connectivity index (χ4n) is 4.40. The SMILES string of the molecule is Cc1ncc(C2CN(c3cncc(OC[C@H]4CC[C@H](C)CC4)c3)CCO2)cc1C(=O)O. The van der Waals surface area contributed by atoms with E-state index in [2.05, 4.69) is 21.8 Å². The number of nitrogens with zero attached hydrogens (tertiary/aromatic N) is 3. The highest BCUT2D eigenvalue weighted by Gasteiger charge is 2.25. The number of anilines is 1. The Labute approximate surface area is 183 Å². The largest absolute Gasteiger partial charge is 0.492 e. The maximum atomic E-state index is 11.5. The highest BCUT2D eigenvalue weighted by atomic mass is 16.5. The molecular weight excluding hydrogens is 394 g/mol. The Bertz CT molecular complexity index is 911. The van der Waals surface area contributed by atoms with E-state index in [1.807, 2.05) is 12.3 Å². The summed E-state index contributed by atoms with van der Waals surface area (Å²) < 4.78 is 12.0. The molecule has 0 radical (unpaired) electrons. The van der Waals surface area contributed by atoms with E-state index in [1.54, 1.807) is 25.4 Å². The van der Waals surface area contributed by atoms with Gasteiger partial charge in [-0.25, -0.2) is 4.79 Å². The summed E-state index contributed by atoms with van der Waals surface area (Å²) in [6, 6.07) is 3.71. The van der Waals surface area contributed by atoms with Crippen LogP contribution in [-0.4, -0.2) is 47.3 Å². The van der Waals surface area contributed by atoms with Crippen molar-refractivity contribution in [3.05, 3.63) is 47.5 Å². The van der Waals surface area contributed by atoms with Crippen LogP contribution in [0.25, 0.3) is 0 Å². The molecule has 4 rings (SSSR count). The third kappa shape index (κ3) is 5.34. The number of carbonyl (C=O) groups is 1. The van der Waals surface area contributed by atoms with Crippen LogP contribution >= 0.6 is 0 Å². The molecule has 1 N–H and O–H groups in total. The zero-order chi connectivity index (χ0) is 21.8. The van der Waals surface area contributed by atoms with E-state index in [4.69, 9.17) is 9.47 Å². The molecule has 0 bridgehead atoms. The number of morpholine rings is 1. The van der Waals surface area contributed by atoms with Crippen molar-refractivity contribution < 1.29 is 19.4 Å². The van der Waals surface area contributed by atoms with Crippen LogP contribution in [0.4, 0.5) is 5.69 Å². The van der Waals surface area contributed by atoms with Crippen molar-refractivity contribution in [1.82, 2.24) is 9.97 Å². The Hall–Kier alpha value is -2.67. The minimum atomic E-state index is -0.971. The van der Waals surface area contributed by atoms with Crippen molar-refractivity contribution in [2.45, 2.75) is 45.6 Å². The number of rotatable bonds is 6. The van der Waals surface area contributed by atoms with Crippen LogP contribution in [0.3, 0.4) is 0 Å². The van der Waals surface area contributed by atoms with Crippen LogP contribution in [-0.2, 0) is 4.74 Å². The van der Waals surface area contributed by atoms with E-state index >= 15 is 0 Å². The number of carboxylic acid groups (broad SMARTS) is 1. The molecule has 2 aromatic rings. The lowest BCUT2D eigenvalue weighted by atomic mass is 9.83. The third-order valence-electron chi connectivity index (χ3n) is 6.46. The number of carboxylic acids is 1. The van der Waals surface area contributed by atoms with E-state index in [-0.39, 0.29) is 11.7 Å².